The predicted octanol–water partition coefficient (Wildman–Crippen LogP) is 3.01. The first-order chi connectivity index (χ1) is 14.2. The molecule has 1 amide bonds. The molecular weight excluding hydrogens is 433 g/mol. The molecule has 1 atom stereocenters. The van der Waals surface area contributed by atoms with Gasteiger partial charge in [-0.25, -0.2) is 9.97 Å². The van der Waals surface area contributed by atoms with Crippen LogP contribution >= 0.6 is 13.5 Å². The minimum Gasteiger partial charge on any atom is -0.468 e. The topological polar surface area (TPSA) is 92.3 Å². The lowest BCUT2D eigenvalue weighted by molar-refractivity contribution is -0.154. The highest BCUT2D eigenvalue weighted by Crippen LogP contribution is 2.41. The third-order valence-electron chi connectivity index (χ3n) is 5.04. The van der Waals surface area contributed by atoms with Gasteiger partial charge in [0, 0.05) is 25.9 Å². The molecule has 0 unspecified atom stereocenters. The molecule has 1 saturated carbocycles. The van der Waals surface area contributed by atoms with Crippen molar-refractivity contribution < 1.29 is 22.7 Å². The molecule has 4 rings (SSSR count). The SMILES string of the molecule is Cc1nc(NCc2ccc(OCC(F)(F)F)nc2)nc2c1NC(=O)[C@H](C1CC1)N2C.S. The summed E-state index contributed by atoms with van der Waals surface area (Å²) in [6, 6.07) is 2.77. The van der Waals surface area contributed by atoms with Crippen LogP contribution in [0.25, 0.3) is 0 Å². The summed E-state index contributed by atoms with van der Waals surface area (Å²) >= 11 is 0. The molecule has 0 aromatic carbocycles. The number of nitrogens with zero attached hydrogens (tertiary/aromatic N) is 4. The van der Waals surface area contributed by atoms with Gasteiger partial charge in [-0.3, -0.25) is 4.79 Å². The number of alkyl halides is 3. The Morgan fingerprint density at radius 2 is 2.03 bits per heavy atom. The zero-order valence-electron chi connectivity index (χ0n) is 17.0. The second-order valence-corrected chi connectivity index (χ2v) is 7.48. The highest BCUT2D eigenvalue weighted by molar-refractivity contribution is 7.59. The van der Waals surface area contributed by atoms with E-state index in [0.717, 1.165) is 18.4 Å². The Balaban J connectivity index is 0.00000272. The number of carbonyl (C=O) groups is 1. The van der Waals surface area contributed by atoms with Crippen LogP contribution in [0, 0.1) is 12.8 Å². The molecule has 0 radical (unpaired) electrons. The Morgan fingerprint density at radius 3 is 2.65 bits per heavy atom. The van der Waals surface area contributed by atoms with E-state index in [1.54, 1.807) is 13.0 Å². The highest BCUT2D eigenvalue weighted by atomic mass is 32.1. The first kappa shape index (κ1) is 22.9. The third kappa shape index (κ3) is 5.30. The zero-order chi connectivity index (χ0) is 21.5. The maximum atomic E-state index is 12.4. The number of aryl methyl sites for hydroxylation is 1. The fraction of sp³-hybridized carbons (Fsp3) is 0.474. The standard InChI is InChI=1S/C19H21F3N6O2.H2S/c1-10-14-16(28(2)15(12-4-5-12)17(29)26-14)27-18(25-10)24-8-11-3-6-13(23-7-11)30-9-19(20,21)22;/h3,6-7,12,15H,4-5,8-9H2,1-2H3,(H,26,29)(H,24,25,27);1H2/t15-;/m0./s1. The lowest BCUT2D eigenvalue weighted by atomic mass is 10.1. The van der Waals surface area contributed by atoms with Crippen molar-refractivity contribution in [2.24, 2.45) is 5.92 Å². The van der Waals surface area contributed by atoms with Crippen molar-refractivity contribution in [3.05, 3.63) is 29.6 Å². The van der Waals surface area contributed by atoms with E-state index in [1.807, 2.05) is 11.9 Å². The monoisotopic (exact) mass is 456 g/mol. The number of nitrogens with one attached hydrogen (secondary N) is 2. The van der Waals surface area contributed by atoms with E-state index in [-0.39, 0.29) is 31.3 Å². The molecule has 0 spiro atoms. The van der Waals surface area contributed by atoms with Gasteiger partial charge in [0.15, 0.2) is 12.4 Å². The van der Waals surface area contributed by atoms with Gasteiger partial charge in [-0.15, -0.1) is 0 Å². The van der Waals surface area contributed by atoms with E-state index in [2.05, 4.69) is 30.3 Å². The van der Waals surface area contributed by atoms with Gasteiger partial charge in [-0.2, -0.15) is 31.7 Å². The van der Waals surface area contributed by atoms with Crippen LogP contribution in [0.1, 0.15) is 24.1 Å². The van der Waals surface area contributed by atoms with Crippen LogP contribution in [0.4, 0.5) is 30.6 Å². The molecule has 1 aliphatic heterocycles. The zero-order valence-corrected chi connectivity index (χ0v) is 18.0. The minimum atomic E-state index is -4.41. The summed E-state index contributed by atoms with van der Waals surface area (Å²) in [5.74, 6) is 1.27. The van der Waals surface area contributed by atoms with Gasteiger partial charge in [-0.1, -0.05) is 6.07 Å². The van der Waals surface area contributed by atoms with Crippen LogP contribution in [0.5, 0.6) is 5.88 Å². The molecule has 168 valence electrons. The summed E-state index contributed by atoms with van der Waals surface area (Å²) in [5.41, 5.74) is 1.98. The second-order valence-electron chi connectivity index (χ2n) is 7.48. The molecule has 2 aromatic rings. The average Bonchev–Trinajstić information content (AvgIpc) is 3.51. The maximum Gasteiger partial charge on any atom is 0.422 e. The maximum absolute atomic E-state index is 12.4. The molecule has 2 aromatic heterocycles. The number of rotatable bonds is 6. The molecule has 12 heteroatoms. The van der Waals surface area contributed by atoms with Gasteiger partial charge >= 0.3 is 6.18 Å². The number of hydrogen-bond acceptors (Lipinski definition) is 7. The normalized spacial score (nSPS) is 18.0. The van der Waals surface area contributed by atoms with Gasteiger partial charge in [0.25, 0.3) is 0 Å². The van der Waals surface area contributed by atoms with E-state index in [9.17, 15) is 18.0 Å². The number of likely N-dealkylation sites (N-methyl/N-ethyl adjacent to an activating group) is 1. The van der Waals surface area contributed by atoms with Crippen LogP contribution in [0.2, 0.25) is 0 Å². The Labute approximate surface area is 184 Å². The molecule has 31 heavy (non-hydrogen) atoms. The van der Waals surface area contributed by atoms with Crippen molar-refractivity contribution in [3.8, 4) is 5.88 Å². The minimum absolute atomic E-state index is 0. The van der Waals surface area contributed by atoms with Gasteiger partial charge in [-0.05, 0) is 31.2 Å². The first-order valence-corrected chi connectivity index (χ1v) is 9.52. The van der Waals surface area contributed by atoms with E-state index in [4.69, 9.17) is 0 Å². The highest BCUT2D eigenvalue weighted by Gasteiger charge is 2.43. The van der Waals surface area contributed by atoms with Crippen molar-refractivity contribution in [1.82, 2.24) is 15.0 Å². The van der Waals surface area contributed by atoms with Crippen LogP contribution in [-0.4, -0.2) is 46.7 Å². The molecule has 0 saturated heterocycles. The van der Waals surface area contributed by atoms with Crippen molar-refractivity contribution in [2.75, 3.05) is 29.2 Å². The number of ether oxygens (including phenoxy) is 1. The fourth-order valence-corrected chi connectivity index (χ4v) is 3.42. The third-order valence-corrected chi connectivity index (χ3v) is 5.04. The lowest BCUT2D eigenvalue weighted by Gasteiger charge is -2.35. The van der Waals surface area contributed by atoms with Crippen molar-refractivity contribution >= 4 is 36.9 Å². The Hall–Kier alpha value is -2.76. The molecular formula is C19H23F3N6O2S. The van der Waals surface area contributed by atoms with Crippen LogP contribution in [-0.2, 0) is 11.3 Å². The number of aromatic nitrogens is 3. The van der Waals surface area contributed by atoms with Gasteiger partial charge in [0.05, 0.1) is 5.69 Å². The smallest absolute Gasteiger partial charge is 0.422 e. The van der Waals surface area contributed by atoms with Crippen LogP contribution in [0.3, 0.4) is 0 Å². The van der Waals surface area contributed by atoms with Gasteiger partial charge in [0.1, 0.15) is 11.7 Å². The largest absolute Gasteiger partial charge is 0.468 e. The summed E-state index contributed by atoms with van der Waals surface area (Å²) in [6.45, 7) is 0.740. The van der Waals surface area contributed by atoms with Crippen molar-refractivity contribution in [1.29, 1.82) is 0 Å². The summed E-state index contributed by atoms with van der Waals surface area (Å²) in [4.78, 5) is 27.2. The summed E-state index contributed by atoms with van der Waals surface area (Å²) in [5, 5.41) is 6.02. The fourth-order valence-electron chi connectivity index (χ4n) is 3.42. The molecule has 2 N–H and O–H groups in total. The van der Waals surface area contributed by atoms with E-state index in [0.29, 0.717) is 35.6 Å². The van der Waals surface area contributed by atoms with Gasteiger partial charge < -0.3 is 20.3 Å². The number of halogens is 3. The molecule has 2 aliphatic rings. The molecule has 3 heterocycles. The Morgan fingerprint density at radius 1 is 1.29 bits per heavy atom. The van der Waals surface area contributed by atoms with E-state index in [1.165, 1.54) is 12.3 Å². The van der Waals surface area contributed by atoms with Crippen molar-refractivity contribution in [2.45, 2.75) is 38.5 Å². The Kier molecular flexibility index (Phi) is 6.48. The number of fused-ring (bicyclic) bond motifs is 1. The number of amides is 1. The lowest BCUT2D eigenvalue weighted by Crippen LogP contribution is -2.48. The summed E-state index contributed by atoms with van der Waals surface area (Å²) in [6.07, 6.45) is -0.917. The second kappa shape index (κ2) is 8.77. The number of pyridine rings is 1. The molecule has 0 bridgehead atoms. The number of carbonyl (C=O) groups excluding carboxylic acids is 1. The van der Waals surface area contributed by atoms with E-state index < -0.39 is 12.8 Å². The van der Waals surface area contributed by atoms with Crippen molar-refractivity contribution in [3.63, 3.8) is 0 Å². The predicted molar refractivity (Wildman–Crippen MR) is 114 cm³/mol. The first-order valence-electron chi connectivity index (χ1n) is 9.52. The van der Waals surface area contributed by atoms with Crippen LogP contribution in [0.15, 0.2) is 18.3 Å². The molecule has 1 fully saturated rings. The number of anilines is 3. The van der Waals surface area contributed by atoms with E-state index >= 15 is 0 Å². The molecule has 1 aliphatic carbocycles. The number of hydrogen-bond donors (Lipinski definition) is 2. The van der Waals surface area contributed by atoms with Gasteiger partial charge in [0.2, 0.25) is 17.7 Å². The van der Waals surface area contributed by atoms with Crippen LogP contribution < -0.4 is 20.3 Å². The summed E-state index contributed by atoms with van der Waals surface area (Å²) in [7, 11) is 1.86. The Bertz CT molecular complexity index is 953. The average molecular weight is 456 g/mol. The molecule has 8 nitrogen and oxygen atoms in total. The quantitative estimate of drug-likeness (QED) is 0.690. The summed E-state index contributed by atoms with van der Waals surface area (Å²) < 4.78 is 41.2.